The normalized spacial score (nSPS) is 19.0. The fourth-order valence-electron chi connectivity index (χ4n) is 3.84. The molecule has 1 amide bonds. The van der Waals surface area contributed by atoms with Crippen LogP contribution in [0.2, 0.25) is 0 Å². The lowest BCUT2D eigenvalue weighted by molar-refractivity contribution is 0.0976. The molecule has 160 valence electrons. The molecule has 9 nitrogen and oxygen atoms in total. The van der Waals surface area contributed by atoms with E-state index in [0.29, 0.717) is 47.9 Å². The number of ether oxygens (including phenoxy) is 1. The van der Waals surface area contributed by atoms with E-state index < -0.39 is 0 Å². The number of amidine groups is 1. The molecule has 0 bridgehead atoms. The summed E-state index contributed by atoms with van der Waals surface area (Å²) in [5.41, 5.74) is 1.39. The number of halogens is 1. The lowest BCUT2D eigenvalue weighted by Gasteiger charge is -2.27. The van der Waals surface area contributed by atoms with Crippen molar-refractivity contribution in [3.63, 3.8) is 0 Å². The lowest BCUT2D eigenvalue weighted by Crippen LogP contribution is -2.36. The van der Waals surface area contributed by atoms with E-state index in [2.05, 4.69) is 30.3 Å². The van der Waals surface area contributed by atoms with E-state index in [9.17, 15) is 9.18 Å². The Kier molecular flexibility index (Phi) is 4.99. The molecule has 1 fully saturated rings. The van der Waals surface area contributed by atoms with Crippen molar-refractivity contribution in [3.05, 3.63) is 53.7 Å². The summed E-state index contributed by atoms with van der Waals surface area (Å²) in [6.07, 6.45) is 2.02. The summed E-state index contributed by atoms with van der Waals surface area (Å²) in [5, 5.41) is 8.98. The number of anilines is 1. The van der Waals surface area contributed by atoms with Gasteiger partial charge in [0.2, 0.25) is 0 Å². The Labute approximate surface area is 177 Å². The molecule has 4 heterocycles. The number of para-hydroxylation sites is 1. The molecule has 0 radical (unpaired) electrons. The summed E-state index contributed by atoms with van der Waals surface area (Å²) in [6, 6.07) is 8.18. The van der Waals surface area contributed by atoms with Crippen molar-refractivity contribution < 1.29 is 13.9 Å². The van der Waals surface area contributed by atoms with Crippen molar-refractivity contribution in [1.29, 1.82) is 0 Å². The van der Waals surface area contributed by atoms with Gasteiger partial charge >= 0.3 is 0 Å². The Bertz CT molecular complexity index is 1140. The van der Waals surface area contributed by atoms with Gasteiger partial charge in [-0.2, -0.15) is 5.10 Å². The van der Waals surface area contributed by atoms with Crippen molar-refractivity contribution in [3.8, 4) is 0 Å². The Morgan fingerprint density at radius 3 is 2.84 bits per heavy atom. The molecule has 1 aromatic carbocycles. The highest BCUT2D eigenvalue weighted by Crippen LogP contribution is 2.28. The van der Waals surface area contributed by atoms with E-state index in [1.165, 1.54) is 6.07 Å². The molecular weight excluding hydrogens is 401 g/mol. The van der Waals surface area contributed by atoms with Gasteiger partial charge in [0.05, 0.1) is 24.3 Å². The molecule has 0 saturated carbocycles. The summed E-state index contributed by atoms with van der Waals surface area (Å²) in [5.74, 6) is 1.31. The smallest absolute Gasteiger partial charge is 0.258 e. The molecule has 1 unspecified atom stereocenters. The van der Waals surface area contributed by atoms with Gasteiger partial charge in [0.1, 0.15) is 29.0 Å². The van der Waals surface area contributed by atoms with E-state index in [-0.39, 0.29) is 17.8 Å². The number of hydrogen-bond donors (Lipinski definition) is 2. The second kappa shape index (κ2) is 7.95. The second-order valence-electron chi connectivity index (χ2n) is 7.56. The SMILES string of the molecule is CN1N=C(NC(=O)c2ccc(N3CCOCC3)nc2)CC1c1nc2c(F)cccc2[nH]1. The summed E-state index contributed by atoms with van der Waals surface area (Å²) >= 11 is 0. The number of pyridine rings is 1. The standard InChI is InChI=1S/C21H22FN7O2/c1-28-16(20-24-15-4-2-3-14(22)19(15)26-20)11-17(27-28)25-21(30)13-5-6-18(23-12-13)29-7-9-31-10-8-29/h2-6,12,16H,7-11H2,1H3,(H,24,26)(H,25,27,30). The average Bonchev–Trinajstić information content (AvgIpc) is 3.38. The topological polar surface area (TPSA) is 98.7 Å². The van der Waals surface area contributed by atoms with Crippen LogP contribution in [0.4, 0.5) is 10.2 Å². The third kappa shape index (κ3) is 3.81. The zero-order valence-corrected chi connectivity index (χ0v) is 17.0. The van der Waals surface area contributed by atoms with E-state index >= 15 is 0 Å². The minimum Gasteiger partial charge on any atom is -0.378 e. The van der Waals surface area contributed by atoms with Crippen molar-refractivity contribution in [2.45, 2.75) is 12.5 Å². The number of nitrogens with one attached hydrogen (secondary N) is 2. The number of carbonyl (C=O) groups is 1. The fraction of sp³-hybridized carbons (Fsp3) is 0.333. The van der Waals surface area contributed by atoms with Crippen LogP contribution >= 0.6 is 0 Å². The highest BCUT2D eigenvalue weighted by Gasteiger charge is 2.29. The molecule has 0 spiro atoms. The van der Waals surface area contributed by atoms with Crippen LogP contribution in [0.5, 0.6) is 0 Å². The van der Waals surface area contributed by atoms with Gasteiger partial charge in [-0.25, -0.2) is 14.4 Å². The summed E-state index contributed by atoms with van der Waals surface area (Å²) in [4.78, 5) is 26.7. The van der Waals surface area contributed by atoms with Crippen LogP contribution in [0.15, 0.2) is 41.6 Å². The number of fused-ring (bicyclic) bond motifs is 1. The first-order valence-electron chi connectivity index (χ1n) is 10.1. The van der Waals surface area contributed by atoms with Gasteiger partial charge in [0.15, 0.2) is 5.82 Å². The van der Waals surface area contributed by atoms with E-state index in [1.807, 2.05) is 6.07 Å². The fourth-order valence-corrected chi connectivity index (χ4v) is 3.84. The second-order valence-corrected chi connectivity index (χ2v) is 7.56. The van der Waals surface area contributed by atoms with Crippen molar-refractivity contribution in [1.82, 2.24) is 25.3 Å². The van der Waals surface area contributed by atoms with Gasteiger partial charge in [0.25, 0.3) is 5.91 Å². The molecule has 1 saturated heterocycles. The van der Waals surface area contributed by atoms with Crippen molar-refractivity contribution in [2.24, 2.45) is 5.10 Å². The van der Waals surface area contributed by atoms with Crippen LogP contribution in [0, 0.1) is 5.82 Å². The number of amides is 1. The molecule has 3 aromatic rings. The summed E-state index contributed by atoms with van der Waals surface area (Å²) in [7, 11) is 1.80. The number of hydrazone groups is 1. The number of carbonyl (C=O) groups excluding carboxylic acids is 1. The molecule has 0 aliphatic carbocycles. The minimum absolute atomic E-state index is 0.219. The largest absolute Gasteiger partial charge is 0.378 e. The predicted molar refractivity (Wildman–Crippen MR) is 113 cm³/mol. The van der Waals surface area contributed by atoms with Crippen LogP contribution in [0.25, 0.3) is 11.0 Å². The number of benzene rings is 1. The van der Waals surface area contributed by atoms with Gasteiger partial charge in [-0.3, -0.25) is 9.80 Å². The number of hydrogen-bond acceptors (Lipinski definition) is 7. The molecule has 2 aliphatic heterocycles. The van der Waals surface area contributed by atoms with Gasteiger partial charge in [-0.05, 0) is 24.3 Å². The maximum Gasteiger partial charge on any atom is 0.258 e. The van der Waals surface area contributed by atoms with E-state index in [1.54, 1.807) is 36.5 Å². The van der Waals surface area contributed by atoms with Crippen LogP contribution in [0.1, 0.15) is 28.6 Å². The molecule has 2 N–H and O–H groups in total. The Morgan fingerprint density at radius 1 is 1.26 bits per heavy atom. The molecule has 31 heavy (non-hydrogen) atoms. The number of rotatable bonds is 3. The Hall–Kier alpha value is -3.53. The maximum atomic E-state index is 14.0. The van der Waals surface area contributed by atoms with Crippen LogP contribution in [-0.2, 0) is 4.74 Å². The van der Waals surface area contributed by atoms with Gasteiger partial charge in [0, 0.05) is 32.8 Å². The van der Waals surface area contributed by atoms with Gasteiger partial charge in [-0.15, -0.1) is 0 Å². The first kappa shape index (κ1) is 19.4. The molecule has 1 atom stereocenters. The number of imidazole rings is 1. The Morgan fingerprint density at radius 2 is 2.10 bits per heavy atom. The third-order valence-electron chi connectivity index (χ3n) is 5.52. The molecule has 2 aliphatic rings. The third-order valence-corrected chi connectivity index (χ3v) is 5.52. The number of aromatic nitrogens is 3. The first-order chi connectivity index (χ1) is 15.1. The highest BCUT2D eigenvalue weighted by molar-refractivity contribution is 6.06. The lowest BCUT2D eigenvalue weighted by atomic mass is 10.2. The summed E-state index contributed by atoms with van der Waals surface area (Å²) in [6.45, 7) is 2.93. The first-order valence-corrected chi connectivity index (χ1v) is 10.1. The van der Waals surface area contributed by atoms with E-state index in [0.717, 1.165) is 18.9 Å². The Balaban J connectivity index is 1.25. The van der Waals surface area contributed by atoms with Crippen molar-refractivity contribution >= 4 is 28.6 Å². The van der Waals surface area contributed by atoms with Crippen LogP contribution in [0.3, 0.4) is 0 Å². The zero-order valence-electron chi connectivity index (χ0n) is 17.0. The summed E-state index contributed by atoms with van der Waals surface area (Å²) < 4.78 is 19.3. The van der Waals surface area contributed by atoms with Crippen LogP contribution < -0.4 is 10.2 Å². The quantitative estimate of drug-likeness (QED) is 0.669. The number of nitrogens with zero attached hydrogens (tertiary/aromatic N) is 5. The zero-order chi connectivity index (χ0) is 21.4. The maximum absolute atomic E-state index is 14.0. The molecule has 10 heteroatoms. The van der Waals surface area contributed by atoms with Crippen LogP contribution in [-0.4, -0.2) is 65.1 Å². The average molecular weight is 423 g/mol. The minimum atomic E-state index is -0.372. The van der Waals surface area contributed by atoms with Gasteiger partial charge < -0.3 is 19.9 Å². The molecular formula is C21H22FN7O2. The monoisotopic (exact) mass is 423 g/mol. The number of H-pyrrole nitrogens is 1. The van der Waals surface area contributed by atoms with E-state index in [4.69, 9.17) is 4.74 Å². The van der Waals surface area contributed by atoms with Crippen molar-refractivity contribution in [2.75, 3.05) is 38.3 Å². The van der Waals surface area contributed by atoms with Gasteiger partial charge in [-0.1, -0.05) is 6.07 Å². The predicted octanol–water partition coefficient (Wildman–Crippen LogP) is 2.05. The number of morpholine rings is 1. The molecule has 2 aromatic heterocycles. The number of aromatic amines is 1. The highest BCUT2D eigenvalue weighted by atomic mass is 19.1. The molecule has 5 rings (SSSR count).